The van der Waals surface area contributed by atoms with Crippen LogP contribution in [0.4, 0.5) is 0 Å². The Bertz CT molecular complexity index is 1540. The van der Waals surface area contributed by atoms with E-state index in [1.165, 1.54) is 36.0 Å². The molecule has 0 heterocycles. The van der Waals surface area contributed by atoms with Crippen LogP contribution in [0.5, 0.6) is 11.5 Å². The zero-order valence-electron chi connectivity index (χ0n) is 29.9. The number of aliphatic hydroxyl groups excluding tert-OH is 1. The number of unbranched alkanes of at least 4 members (excludes halogenated alkanes) is 2. The van der Waals surface area contributed by atoms with Gasteiger partial charge in [0.25, 0.3) is 0 Å². The van der Waals surface area contributed by atoms with Crippen molar-refractivity contribution >= 4 is 11.9 Å². The summed E-state index contributed by atoms with van der Waals surface area (Å²) < 4.78 is 23.4. The smallest absolute Gasteiger partial charge is 0.489 e. The van der Waals surface area contributed by atoms with Gasteiger partial charge in [-0.15, -0.1) is 0 Å². The van der Waals surface area contributed by atoms with Crippen LogP contribution in [0, 0.1) is 0 Å². The van der Waals surface area contributed by atoms with Crippen LogP contribution >= 0.6 is 0 Å². The number of ether oxygens (including phenoxy) is 4. The van der Waals surface area contributed by atoms with Gasteiger partial charge in [-0.2, -0.15) is 0 Å². The maximum absolute atomic E-state index is 12.0. The number of hydrogen-bond acceptors (Lipinski definition) is 6. The van der Waals surface area contributed by atoms with Gasteiger partial charge in [0.1, 0.15) is 31.3 Å². The largest absolute Gasteiger partial charge is 0.512 e. The van der Waals surface area contributed by atoms with Crippen molar-refractivity contribution < 1.29 is 33.6 Å². The van der Waals surface area contributed by atoms with Gasteiger partial charge in [0.05, 0.1) is 5.57 Å². The van der Waals surface area contributed by atoms with Crippen LogP contribution in [0.15, 0.2) is 78.9 Å². The van der Waals surface area contributed by atoms with Gasteiger partial charge in [-0.05, 0) is 104 Å². The normalized spacial score (nSPS) is 10.8. The fraction of sp³-hybridized carbons (Fsp3) is 0.429. The van der Waals surface area contributed by atoms with Gasteiger partial charge in [-0.1, -0.05) is 82.3 Å². The van der Waals surface area contributed by atoms with Crippen molar-refractivity contribution in [1.29, 1.82) is 0 Å². The molecule has 0 fully saturated rings. The van der Waals surface area contributed by atoms with E-state index in [-0.39, 0.29) is 39.0 Å². The van der Waals surface area contributed by atoms with E-state index in [0.717, 1.165) is 47.9 Å². The molecule has 0 aliphatic heterocycles. The molecular formula is C42H55O7+. The zero-order valence-corrected chi connectivity index (χ0v) is 29.9. The highest BCUT2D eigenvalue weighted by Gasteiger charge is 2.19. The van der Waals surface area contributed by atoms with E-state index < -0.39 is 5.97 Å². The number of aliphatic hydroxyl groups is 1. The van der Waals surface area contributed by atoms with Gasteiger partial charge in [-0.3, -0.25) is 0 Å². The molecule has 0 radical (unpaired) electrons. The minimum Gasteiger partial charge on any atom is -0.489 e. The highest BCUT2D eigenvalue weighted by molar-refractivity contribution is 5.88. The average Bonchev–Trinajstić information content (AvgIpc) is 3.10. The predicted octanol–water partition coefficient (Wildman–Crippen LogP) is 8.33. The lowest BCUT2D eigenvalue weighted by Gasteiger charge is -2.20. The van der Waals surface area contributed by atoms with Gasteiger partial charge in [-0.25, -0.2) is 4.79 Å². The Hall–Kier alpha value is -4.36. The molecule has 0 bridgehead atoms. The van der Waals surface area contributed by atoms with Crippen molar-refractivity contribution in [3.8, 4) is 22.6 Å². The quantitative estimate of drug-likeness (QED) is 0.0500. The highest BCUT2D eigenvalue weighted by atomic mass is 16.6. The summed E-state index contributed by atoms with van der Waals surface area (Å²) in [6.45, 7) is 15.8. The van der Waals surface area contributed by atoms with Crippen molar-refractivity contribution in [2.75, 3.05) is 33.0 Å². The van der Waals surface area contributed by atoms with Gasteiger partial charge in [0, 0.05) is 17.7 Å². The molecule has 0 spiro atoms. The zero-order chi connectivity index (χ0) is 35.6. The monoisotopic (exact) mass is 671 g/mol. The lowest BCUT2D eigenvalue weighted by molar-refractivity contribution is -0.139. The summed E-state index contributed by atoms with van der Waals surface area (Å²) >= 11 is 0. The first kappa shape index (κ1) is 39.1. The molecule has 0 saturated heterocycles. The molecule has 49 heavy (non-hydrogen) atoms. The molecule has 0 unspecified atom stereocenters. The van der Waals surface area contributed by atoms with E-state index >= 15 is 0 Å². The molecule has 0 aliphatic rings. The number of aryl methyl sites for hydroxylation is 5. The second-order valence-corrected chi connectivity index (χ2v) is 12.4. The summed E-state index contributed by atoms with van der Waals surface area (Å²) in [4.78, 5) is 22.0. The lowest BCUT2D eigenvalue weighted by Crippen LogP contribution is -2.14. The van der Waals surface area contributed by atoms with Crippen molar-refractivity contribution in [3.63, 3.8) is 0 Å². The third kappa shape index (κ3) is 12.9. The first-order chi connectivity index (χ1) is 23.7. The minimum atomic E-state index is -0.450. The molecule has 2 N–H and O–H groups in total. The van der Waals surface area contributed by atoms with Crippen molar-refractivity contribution in [2.45, 2.75) is 85.5 Å². The van der Waals surface area contributed by atoms with E-state index in [0.29, 0.717) is 35.5 Å². The Morgan fingerprint density at radius 3 is 1.94 bits per heavy atom. The van der Waals surface area contributed by atoms with Crippen LogP contribution < -0.4 is 9.47 Å². The average molecular weight is 672 g/mol. The molecule has 264 valence electrons. The summed E-state index contributed by atoms with van der Waals surface area (Å²) in [6, 6.07) is 19.3. The molecule has 7 heteroatoms. The van der Waals surface area contributed by atoms with Gasteiger partial charge in [0.15, 0.2) is 0 Å². The van der Waals surface area contributed by atoms with Gasteiger partial charge >= 0.3 is 11.9 Å². The lowest BCUT2D eigenvalue weighted by atomic mass is 9.92. The van der Waals surface area contributed by atoms with E-state index in [4.69, 9.17) is 18.9 Å². The van der Waals surface area contributed by atoms with E-state index in [1.807, 2.05) is 12.1 Å². The third-order valence-corrected chi connectivity index (χ3v) is 8.27. The maximum atomic E-state index is 12.0. The van der Waals surface area contributed by atoms with Crippen molar-refractivity contribution in [2.24, 2.45) is 0 Å². The Morgan fingerprint density at radius 2 is 1.31 bits per heavy atom. The Labute approximate surface area is 292 Å². The summed E-state index contributed by atoms with van der Waals surface area (Å²) in [5.41, 5.74) is 8.55. The minimum absolute atomic E-state index is 0.0874. The van der Waals surface area contributed by atoms with Crippen molar-refractivity contribution in [3.05, 3.63) is 107 Å². The van der Waals surface area contributed by atoms with Crippen molar-refractivity contribution in [1.82, 2.24) is 0 Å². The number of carbonyl (C=O) groups is 1. The summed E-state index contributed by atoms with van der Waals surface area (Å²) in [5.74, 6) is 0.723. The molecule has 3 rings (SSSR count). The summed E-state index contributed by atoms with van der Waals surface area (Å²) in [5, 5.41) is 9.37. The Balaban J connectivity index is 1.97. The van der Waals surface area contributed by atoms with Gasteiger partial charge in [0.2, 0.25) is 6.61 Å². The number of benzene rings is 3. The topological polar surface area (TPSA) is 95.6 Å². The molecule has 3 aromatic carbocycles. The molecule has 3 aromatic rings. The second-order valence-electron chi connectivity index (χ2n) is 12.4. The van der Waals surface area contributed by atoms with Crippen LogP contribution in [0.2, 0.25) is 0 Å². The standard InChI is InChI=1S/C42H54O7/c1-7-9-10-12-32-14-16-33(17-15-32)18-20-36-28-40(47-24-26-49-42(45)31(5)6)38(29-39(36)46-23-25-48-41(44)30(3)4)37-21-19-34(13-11-22-43)27-35(37)8-2/h14-17,19,21,27-29,43H,3,5,7-13,18,20,22-26H2,1-2,4,6H3/p+1. The number of esters is 2. The maximum Gasteiger partial charge on any atom is 0.512 e. The van der Waals surface area contributed by atoms with Crippen LogP contribution in [0.3, 0.4) is 0 Å². The molecule has 7 nitrogen and oxygen atoms in total. The van der Waals surface area contributed by atoms with E-state index in [1.54, 1.807) is 13.8 Å². The van der Waals surface area contributed by atoms with Gasteiger partial charge < -0.3 is 28.8 Å². The van der Waals surface area contributed by atoms with Crippen LogP contribution in [-0.4, -0.2) is 54.9 Å². The first-order valence-electron chi connectivity index (χ1n) is 17.6. The molecule has 0 atom stereocenters. The second kappa shape index (κ2) is 20.9. The fourth-order valence-corrected chi connectivity index (χ4v) is 5.46. The predicted molar refractivity (Wildman–Crippen MR) is 198 cm³/mol. The van der Waals surface area contributed by atoms with E-state index in [9.17, 15) is 14.7 Å². The molecule has 0 amide bonds. The Kier molecular flexibility index (Phi) is 16.7. The third-order valence-electron chi connectivity index (χ3n) is 8.27. The first-order valence-corrected chi connectivity index (χ1v) is 17.6. The molecule has 0 aromatic heterocycles. The van der Waals surface area contributed by atoms with E-state index in [2.05, 4.69) is 69.5 Å². The number of carbonyl (C=O) groups excluding carboxylic acids is 2. The van der Waals surface area contributed by atoms with Crippen LogP contribution in [0.1, 0.15) is 81.2 Å². The Morgan fingerprint density at radius 1 is 0.673 bits per heavy atom. The number of hydrogen-bond donors (Lipinski definition) is 1. The molecule has 0 aliphatic carbocycles. The van der Waals surface area contributed by atoms with Crippen LogP contribution in [-0.2, 0) is 46.4 Å². The van der Waals surface area contributed by atoms with Crippen LogP contribution in [0.25, 0.3) is 11.1 Å². The number of rotatable bonds is 22. The molecular weight excluding hydrogens is 616 g/mol. The SMILES string of the molecule is C=C(C)C(=O)OCCOc1cc(CCc2ccc(CCCCC)cc2)c(OCCOC(=[OH+])C(=C)C)cc1-c1ccc(CCCO)cc1CC. The fourth-order valence-electron chi connectivity index (χ4n) is 5.46. The molecule has 0 saturated carbocycles. The highest BCUT2D eigenvalue weighted by Crippen LogP contribution is 2.39. The summed E-state index contributed by atoms with van der Waals surface area (Å²) in [7, 11) is 0. The summed E-state index contributed by atoms with van der Waals surface area (Å²) in [6.07, 6.45) is 8.56.